The third-order valence-corrected chi connectivity index (χ3v) is 4.91. The molecule has 2 aromatic carbocycles. The molecule has 1 unspecified atom stereocenters. The summed E-state index contributed by atoms with van der Waals surface area (Å²) >= 11 is 0. The highest BCUT2D eigenvalue weighted by Crippen LogP contribution is 2.47. The van der Waals surface area contributed by atoms with Gasteiger partial charge in [0.25, 0.3) is 0 Å². The van der Waals surface area contributed by atoms with E-state index in [9.17, 15) is 9.59 Å². The van der Waals surface area contributed by atoms with E-state index >= 15 is 0 Å². The molecule has 0 heterocycles. The molecule has 0 radical (unpaired) electrons. The summed E-state index contributed by atoms with van der Waals surface area (Å²) in [6.45, 7) is 5.87. The number of carbonyl (C=O) groups is 2. The van der Waals surface area contributed by atoms with Gasteiger partial charge in [0.2, 0.25) is 11.8 Å². The summed E-state index contributed by atoms with van der Waals surface area (Å²) in [5.41, 5.74) is 2.95. The summed E-state index contributed by atoms with van der Waals surface area (Å²) < 4.78 is 0. The highest BCUT2D eigenvalue weighted by molar-refractivity contribution is 6.13. The zero-order valence-electron chi connectivity index (χ0n) is 14.9. The fraction of sp³-hybridized carbons (Fsp3) is 0.333. The van der Waals surface area contributed by atoms with E-state index in [-0.39, 0.29) is 17.9 Å². The van der Waals surface area contributed by atoms with Gasteiger partial charge in [-0.2, -0.15) is 0 Å². The van der Waals surface area contributed by atoms with Crippen molar-refractivity contribution in [1.29, 1.82) is 0 Å². The Morgan fingerprint density at radius 1 is 1.00 bits per heavy atom. The van der Waals surface area contributed by atoms with Gasteiger partial charge < -0.3 is 10.6 Å². The third-order valence-electron chi connectivity index (χ3n) is 4.91. The molecule has 0 aromatic heterocycles. The molecule has 2 amide bonds. The van der Waals surface area contributed by atoms with Crippen LogP contribution in [0.2, 0.25) is 0 Å². The van der Waals surface area contributed by atoms with Crippen LogP contribution in [-0.4, -0.2) is 11.8 Å². The fourth-order valence-electron chi connectivity index (χ4n) is 2.95. The minimum atomic E-state index is -0.931. The maximum Gasteiger partial charge on any atom is 0.240 e. The Morgan fingerprint density at radius 3 is 2.32 bits per heavy atom. The summed E-state index contributed by atoms with van der Waals surface area (Å²) in [5.74, 6) is -0.398. The molecular formula is C21H24N2O2. The first-order valence-electron chi connectivity index (χ1n) is 8.67. The van der Waals surface area contributed by atoms with Gasteiger partial charge in [-0.25, -0.2) is 0 Å². The lowest BCUT2D eigenvalue weighted by atomic mass is 10.0. The first kappa shape index (κ1) is 17.2. The van der Waals surface area contributed by atoms with Gasteiger partial charge in [-0.05, 0) is 56.4 Å². The maximum absolute atomic E-state index is 12.7. The highest BCUT2D eigenvalue weighted by atomic mass is 16.2. The molecule has 2 aromatic rings. The van der Waals surface area contributed by atoms with E-state index in [2.05, 4.69) is 10.6 Å². The van der Waals surface area contributed by atoms with Gasteiger partial charge in [-0.1, -0.05) is 42.5 Å². The van der Waals surface area contributed by atoms with E-state index in [0.29, 0.717) is 12.8 Å². The summed E-state index contributed by atoms with van der Waals surface area (Å²) in [5, 5.41) is 5.94. The van der Waals surface area contributed by atoms with Crippen LogP contribution < -0.4 is 10.6 Å². The average molecular weight is 336 g/mol. The van der Waals surface area contributed by atoms with E-state index in [1.165, 1.54) is 0 Å². The van der Waals surface area contributed by atoms with Crippen LogP contribution in [0.1, 0.15) is 42.5 Å². The minimum absolute atomic E-state index is 0.125. The van der Waals surface area contributed by atoms with Crippen molar-refractivity contribution in [2.45, 2.75) is 39.7 Å². The number of hydrogen-bond acceptors (Lipinski definition) is 2. The van der Waals surface area contributed by atoms with Crippen molar-refractivity contribution in [3.63, 3.8) is 0 Å². The quantitative estimate of drug-likeness (QED) is 0.814. The van der Waals surface area contributed by atoms with E-state index in [4.69, 9.17) is 0 Å². The number of nitrogens with one attached hydrogen (secondary N) is 2. The number of anilines is 1. The van der Waals surface area contributed by atoms with Crippen LogP contribution >= 0.6 is 0 Å². The average Bonchev–Trinajstić information content (AvgIpc) is 3.41. The van der Waals surface area contributed by atoms with E-state index in [1.807, 2.05) is 69.3 Å². The SMILES string of the molecule is Cc1ccc(C)c(NC(=O)C2(C(=O)NC(C)c3ccccc3)CC2)c1. The Hall–Kier alpha value is -2.62. The number of amides is 2. The van der Waals surface area contributed by atoms with Gasteiger partial charge in [0.15, 0.2) is 0 Å². The van der Waals surface area contributed by atoms with Crippen LogP contribution in [0.15, 0.2) is 48.5 Å². The first-order valence-corrected chi connectivity index (χ1v) is 8.67. The van der Waals surface area contributed by atoms with Gasteiger partial charge in [-0.3, -0.25) is 9.59 Å². The molecule has 25 heavy (non-hydrogen) atoms. The second kappa shape index (κ2) is 6.71. The topological polar surface area (TPSA) is 58.2 Å². The predicted molar refractivity (Wildman–Crippen MR) is 99.2 cm³/mol. The van der Waals surface area contributed by atoms with E-state index in [1.54, 1.807) is 0 Å². The molecule has 0 saturated heterocycles. The van der Waals surface area contributed by atoms with Crippen LogP contribution in [0.4, 0.5) is 5.69 Å². The number of carbonyl (C=O) groups excluding carboxylic acids is 2. The summed E-state index contributed by atoms with van der Waals surface area (Å²) in [6, 6.07) is 15.6. The molecule has 1 saturated carbocycles. The van der Waals surface area contributed by atoms with Crippen molar-refractivity contribution in [3.8, 4) is 0 Å². The predicted octanol–water partition coefficient (Wildman–Crippen LogP) is 3.90. The molecule has 0 bridgehead atoms. The molecule has 1 fully saturated rings. The zero-order valence-corrected chi connectivity index (χ0v) is 14.9. The van der Waals surface area contributed by atoms with Crippen molar-refractivity contribution in [2.75, 3.05) is 5.32 Å². The molecule has 1 atom stereocenters. The van der Waals surface area contributed by atoms with Crippen LogP contribution in [0.5, 0.6) is 0 Å². The van der Waals surface area contributed by atoms with Crippen LogP contribution in [-0.2, 0) is 9.59 Å². The number of benzene rings is 2. The number of aryl methyl sites for hydroxylation is 2. The molecule has 3 rings (SSSR count). The van der Waals surface area contributed by atoms with Gasteiger partial charge in [-0.15, -0.1) is 0 Å². The van der Waals surface area contributed by atoms with E-state index in [0.717, 1.165) is 22.4 Å². The smallest absolute Gasteiger partial charge is 0.240 e. The molecule has 4 nitrogen and oxygen atoms in total. The number of rotatable bonds is 5. The molecule has 0 aliphatic heterocycles. The molecule has 1 aliphatic carbocycles. The Morgan fingerprint density at radius 2 is 1.68 bits per heavy atom. The van der Waals surface area contributed by atoms with Gasteiger partial charge in [0.1, 0.15) is 5.41 Å². The van der Waals surface area contributed by atoms with E-state index < -0.39 is 5.41 Å². The molecule has 1 aliphatic rings. The molecule has 0 spiro atoms. The lowest BCUT2D eigenvalue weighted by molar-refractivity contribution is -0.134. The standard InChI is InChI=1S/C21H24N2O2/c1-14-9-10-15(2)18(13-14)23-20(25)21(11-12-21)19(24)22-16(3)17-7-5-4-6-8-17/h4-10,13,16H,11-12H2,1-3H3,(H,22,24)(H,23,25). The minimum Gasteiger partial charge on any atom is -0.349 e. The van der Waals surface area contributed by atoms with Gasteiger partial charge >= 0.3 is 0 Å². The van der Waals surface area contributed by atoms with Crippen molar-refractivity contribution >= 4 is 17.5 Å². The molecule has 2 N–H and O–H groups in total. The number of hydrogen-bond donors (Lipinski definition) is 2. The normalized spacial score (nSPS) is 16.0. The maximum atomic E-state index is 12.7. The first-order chi connectivity index (χ1) is 11.9. The van der Waals surface area contributed by atoms with Gasteiger partial charge in [0.05, 0.1) is 6.04 Å². The Kier molecular flexibility index (Phi) is 4.62. The third kappa shape index (κ3) is 3.58. The van der Waals surface area contributed by atoms with Crippen molar-refractivity contribution in [2.24, 2.45) is 5.41 Å². The lowest BCUT2D eigenvalue weighted by Crippen LogP contribution is -2.41. The Balaban J connectivity index is 1.70. The van der Waals surface area contributed by atoms with Crippen molar-refractivity contribution in [3.05, 3.63) is 65.2 Å². The van der Waals surface area contributed by atoms with Crippen LogP contribution in [0.25, 0.3) is 0 Å². The second-order valence-electron chi connectivity index (χ2n) is 6.96. The van der Waals surface area contributed by atoms with Gasteiger partial charge in [0, 0.05) is 5.69 Å². The lowest BCUT2D eigenvalue weighted by Gasteiger charge is -2.20. The summed E-state index contributed by atoms with van der Waals surface area (Å²) in [6.07, 6.45) is 1.19. The molecular weight excluding hydrogens is 312 g/mol. The highest BCUT2D eigenvalue weighted by Gasteiger charge is 2.56. The monoisotopic (exact) mass is 336 g/mol. The molecule has 130 valence electrons. The summed E-state index contributed by atoms with van der Waals surface area (Å²) in [4.78, 5) is 25.5. The fourth-order valence-corrected chi connectivity index (χ4v) is 2.95. The Bertz CT molecular complexity index is 795. The van der Waals surface area contributed by atoms with Crippen molar-refractivity contribution < 1.29 is 9.59 Å². The van der Waals surface area contributed by atoms with Crippen LogP contribution in [0, 0.1) is 19.3 Å². The second-order valence-corrected chi connectivity index (χ2v) is 6.96. The molecule has 4 heteroatoms. The van der Waals surface area contributed by atoms with Crippen LogP contribution in [0.3, 0.4) is 0 Å². The zero-order chi connectivity index (χ0) is 18.0. The van der Waals surface area contributed by atoms with Crippen molar-refractivity contribution in [1.82, 2.24) is 5.32 Å². The largest absolute Gasteiger partial charge is 0.349 e. The Labute approximate surface area is 148 Å². The summed E-state index contributed by atoms with van der Waals surface area (Å²) in [7, 11) is 0.